The number of nitrogens with one attached hydrogen (secondary N) is 1. The standard InChI is InChI=1S/C22H23NO2/c1-2-3-6-16-25-19-14-12-18(13-15-19)22(24)23-21-11-7-9-17-8-4-5-10-20(17)21/h4-5,7-15H,2-3,6,16H2,1H3,(H,23,24). The summed E-state index contributed by atoms with van der Waals surface area (Å²) in [5, 5.41) is 5.14. The maximum Gasteiger partial charge on any atom is 0.255 e. The molecule has 0 saturated carbocycles. The SMILES string of the molecule is CCCCCOc1ccc(C(=O)Nc2cccc3ccccc23)cc1. The Labute approximate surface area is 148 Å². The normalized spacial score (nSPS) is 10.6. The van der Waals surface area contributed by atoms with Gasteiger partial charge in [-0.1, -0.05) is 56.2 Å². The number of unbranched alkanes of at least 4 members (excludes halogenated alkanes) is 2. The number of rotatable bonds is 7. The van der Waals surface area contributed by atoms with Gasteiger partial charge in [-0.2, -0.15) is 0 Å². The molecule has 128 valence electrons. The van der Waals surface area contributed by atoms with Gasteiger partial charge in [0.15, 0.2) is 0 Å². The zero-order valence-electron chi connectivity index (χ0n) is 14.5. The molecule has 0 heterocycles. The van der Waals surface area contributed by atoms with Gasteiger partial charge in [0, 0.05) is 16.6 Å². The predicted molar refractivity (Wildman–Crippen MR) is 103 cm³/mol. The van der Waals surface area contributed by atoms with E-state index in [0.29, 0.717) is 5.56 Å². The van der Waals surface area contributed by atoms with Gasteiger partial charge in [0.1, 0.15) is 5.75 Å². The second-order valence-electron chi connectivity index (χ2n) is 6.06. The van der Waals surface area contributed by atoms with E-state index < -0.39 is 0 Å². The number of amides is 1. The average Bonchev–Trinajstić information content (AvgIpc) is 2.66. The van der Waals surface area contributed by atoms with E-state index in [1.165, 1.54) is 12.8 Å². The fourth-order valence-corrected chi connectivity index (χ4v) is 2.77. The van der Waals surface area contributed by atoms with Crippen molar-refractivity contribution in [2.45, 2.75) is 26.2 Å². The topological polar surface area (TPSA) is 38.3 Å². The minimum atomic E-state index is -0.117. The molecule has 0 aliphatic carbocycles. The second kappa shape index (κ2) is 8.34. The van der Waals surface area contributed by atoms with E-state index in [2.05, 4.69) is 12.2 Å². The third-order valence-electron chi connectivity index (χ3n) is 4.17. The molecule has 0 spiro atoms. The lowest BCUT2D eigenvalue weighted by Crippen LogP contribution is -2.12. The molecule has 0 radical (unpaired) electrons. The van der Waals surface area contributed by atoms with E-state index in [1.54, 1.807) is 12.1 Å². The van der Waals surface area contributed by atoms with Gasteiger partial charge in [-0.25, -0.2) is 0 Å². The van der Waals surface area contributed by atoms with Crippen molar-refractivity contribution in [1.29, 1.82) is 0 Å². The first-order chi connectivity index (χ1) is 12.3. The van der Waals surface area contributed by atoms with Crippen molar-refractivity contribution in [2.75, 3.05) is 11.9 Å². The number of anilines is 1. The van der Waals surface area contributed by atoms with E-state index >= 15 is 0 Å². The van der Waals surface area contributed by atoms with Gasteiger partial charge in [-0.15, -0.1) is 0 Å². The molecular formula is C22H23NO2. The fourth-order valence-electron chi connectivity index (χ4n) is 2.77. The first-order valence-electron chi connectivity index (χ1n) is 8.80. The van der Waals surface area contributed by atoms with E-state index in [0.717, 1.165) is 35.2 Å². The minimum Gasteiger partial charge on any atom is -0.494 e. The fraction of sp³-hybridized carbons (Fsp3) is 0.227. The molecule has 0 atom stereocenters. The number of hydrogen-bond acceptors (Lipinski definition) is 2. The van der Waals surface area contributed by atoms with Crippen LogP contribution in [0.2, 0.25) is 0 Å². The lowest BCUT2D eigenvalue weighted by Gasteiger charge is -2.10. The first-order valence-corrected chi connectivity index (χ1v) is 8.80. The van der Waals surface area contributed by atoms with Crippen LogP contribution in [0.15, 0.2) is 66.7 Å². The van der Waals surface area contributed by atoms with Crippen LogP contribution < -0.4 is 10.1 Å². The molecule has 1 amide bonds. The van der Waals surface area contributed by atoms with Crippen molar-refractivity contribution in [2.24, 2.45) is 0 Å². The van der Waals surface area contributed by atoms with E-state index in [4.69, 9.17) is 4.74 Å². The Morgan fingerprint density at radius 3 is 2.48 bits per heavy atom. The second-order valence-corrected chi connectivity index (χ2v) is 6.06. The summed E-state index contributed by atoms with van der Waals surface area (Å²) in [6, 6.07) is 21.2. The van der Waals surface area contributed by atoms with Gasteiger partial charge in [-0.3, -0.25) is 4.79 Å². The highest BCUT2D eigenvalue weighted by Crippen LogP contribution is 2.23. The molecule has 0 aromatic heterocycles. The molecular weight excluding hydrogens is 310 g/mol. The van der Waals surface area contributed by atoms with Crippen LogP contribution in [-0.4, -0.2) is 12.5 Å². The number of fused-ring (bicyclic) bond motifs is 1. The smallest absolute Gasteiger partial charge is 0.255 e. The van der Waals surface area contributed by atoms with Crippen LogP contribution in [-0.2, 0) is 0 Å². The number of benzene rings is 3. The molecule has 3 aromatic carbocycles. The Bertz CT molecular complexity index is 835. The summed E-state index contributed by atoms with van der Waals surface area (Å²) in [4.78, 5) is 12.5. The molecule has 1 N–H and O–H groups in total. The molecule has 3 rings (SSSR count). The highest BCUT2D eigenvalue weighted by atomic mass is 16.5. The quantitative estimate of drug-likeness (QED) is 0.566. The summed E-state index contributed by atoms with van der Waals surface area (Å²) in [5.41, 5.74) is 1.44. The summed E-state index contributed by atoms with van der Waals surface area (Å²) in [7, 11) is 0. The third-order valence-corrected chi connectivity index (χ3v) is 4.17. The van der Waals surface area contributed by atoms with Gasteiger partial charge in [0.05, 0.1) is 6.61 Å². The number of hydrogen-bond donors (Lipinski definition) is 1. The monoisotopic (exact) mass is 333 g/mol. The largest absolute Gasteiger partial charge is 0.494 e. The molecule has 0 unspecified atom stereocenters. The number of ether oxygens (including phenoxy) is 1. The van der Waals surface area contributed by atoms with Crippen molar-refractivity contribution >= 4 is 22.4 Å². The Morgan fingerprint density at radius 2 is 1.68 bits per heavy atom. The molecule has 0 saturated heterocycles. The van der Waals surface area contributed by atoms with E-state index in [-0.39, 0.29) is 5.91 Å². The van der Waals surface area contributed by atoms with Crippen LogP contribution in [0, 0.1) is 0 Å². The molecule has 25 heavy (non-hydrogen) atoms. The Hall–Kier alpha value is -2.81. The molecule has 3 heteroatoms. The van der Waals surface area contributed by atoms with Crippen LogP contribution >= 0.6 is 0 Å². The van der Waals surface area contributed by atoms with Crippen molar-refractivity contribution in [3.8, 4) is 5.75 Å². The van der Waals surface area contributed by atoms with Crippen molar-refractivity contribution in [1.82, 2.24) is 0 Å². The average molecular weight is 333 g/mol. The maximum absolute atomic E-state index is 12.5. The molecule has 3 aromatic rings. The van der Waals surface area contributed by atoms with Gasteiger partial charge >= 0.3 is 0 Å². The molecule has 0 fully saturated rings. The molecule has 0 aliphatic heterocycles. The van der Waals surface area contributed by atoms with Gasteiger partial charge < -0.3 is 10.1 Å². The van der Waals surface area contributed by atoms with Crippen molar-refractivity contribution < 1.29 is 9.53 Å². The van der Waals surface area contributed by atoms with Gasteiger partial charge in [-0.05, 0) is 42.1 Å². The Balaban J connectivity index is 1.66. The zero-order valence-corrected chi connectivity index (χ0v) is 14.5. The lowest BCUT2D eigenvalue weighted by molar-refractivity contribution is 0.102. The third kappa shape index (κ3) is 4.38. The van der Waals surface area contributed by atoms with E-state index in [9.17, 15) is 4.79 Å². The van der Waals surface area contributed by atoms with Crippen LogP contribution in [0.25, 0.3) is 10.8 Å². The highest BCUT2D eigenvalue weighted by Gasteiger charge is 2.08. The zero-order chi connectivity index (χ0) is 17.5. The molecule has 0 aliphatic rings. The van der Waals surface area contributed by atoms with Crippen LogP contribution in [0.3, 0.4) is 0 Å². The summed E-state index contributed by atoms with van der Waals surface area (Å²) in [5.74, 6) is 0.687. The predicted octanol–water partition coefficient (Wildman–Crippen LogP) is 5.66. The summed E-state index contributed by atoms with van der Waals surface area (Å²) in [6.45, 7) is 2.89. The first kappa shape index (κ1) is 17.0. The van der Waals surface area contributed by atoms with Crippen LogP contribution in [0.4, 0.5) is 5.69 Å². The minimum absolute atomic E-state index is 0.117. The number of carbonyl (C=O) groups excluding carboxylic acids is 1. The highest BCUT2D eigenvalue weighted by molar-refractivity contribution is 6.09. The molecule has 0 bridgehead atoms. The van der Waals surface area contributed by atoms with Crippen molar-refractivity contribution in [3.05, 3.63) is 72.3 Å². The van der Waals surface area contributed by atoms with Crippen molar-refractivity contribution in [3.63, 3.8) is 0 Å². The van der Waals surface area contributed by atoms with Crippen LogP contribution in [0.5, 0.6) is 5.75 Å². The maximum atomic E-state index is 12.5. The Morgan fingerprint density at radius 1 is 0.920 bits per heavy atom. The molecule has 3 nitrogen and oxygen atoms in total. The van der Waals surface area contributed by atoms with Crippen LogP contribution in [0.1, 0.15) is 36.5 Å². The lowest BCUT2D eigenvalue weighted by atomic mass is 10.1. The van der Waals surface area contributed by atoms with Gasteiger partial charge in [0.2, 0.25) is 0 Å². The van der Waals surface area contributed by atoms with E-state index in [1.807, 2.05) is 54.6 Å². The summed E-state index contributed by atoms with van der Waals surface area (Å²) < 4.78 is 5.69. The van der Waals surface area contributed by atoms with Gasteiger partial charge in [0.25, 0.3) is 5.91 Å². The summed E-state index contributed by atoms with van der Waals surface area (Å²) in [6.07, 6.45) is 3.40. The Kier molecular flexibility index (Phi) is 5.68. The summed E-state index contributed by atoms with van der Waals surface area (Å²) >= 11 is 0. The number of carbonyl (C=O) groups is 1.